The molecule has 5 aromatic rings. The molecule has 8 nitrogen and oxygen atoms in total. The lowest BCUT2D eigenvalue weighted by Crippen LogP contribution is -2.09. The first-order valence-corrected chi connectivity index (χ1v) is 11.0. The molecular weight excluding hydrogens is 449 g/mol. The highest BCUT2D eigenvalue weighted by Gasteiger charge is 2.21. The van der Waals surface area contributed by atoms with Gasteiger partial charge in [-0.25, -0.2) is 9.37 Å². The third-order valence-electron chi connectivity index (χ3n) is 5.44. The topological polar surface area (TPSA) is 114 Å². The summed E-state index contributed by atoms with van der Waals surface area (Å²) < 4.78 is 19.0. The van der Waals surface area contributed by atoms with Crippen molar-refractivity contribution in [2.45, 2.75) is 19.8 Å². The Morgan fingerprint density at radius 1 is 1.03 bits per heavy atom. The van der Waals surface area contributed by atoms with E-state index in [0.29, 0.717) is 41.0 Å². The highest BCUT2D eigenvalue weighted by molar-refractivity contribution is 5.99. The zero-order valence-electron chi connectivity index (χ0n) is 18.7. The molecule has 3 heterocycles. The summed E-state index contributed by atoms with van der Waals surface area (Å²) in [5.74, 6) is -0.240. The molecule has 0 radical (unpaired) electrons. The molecule has 35 heavy (non-hydrogen) atoms. The van der Waals surface area contributed by atoms with Gasteiger partial charge in [-0.2, -0.15) is 0 Å². The van der Waals surface area contributed by atoms with Gasteiger partial charge >= 0.3 is 0 Å². The van der Waals surface area contributed by atoms with Gasteiger partial charge in [0.15, 0.2) is 11.4 Å². The lowest BCUT2D eigenvalue weighted by atomic mass is 10.0. The second-order valence-electron chi connectivity index (χ2n) is 7.84. The fourth-order valence-electron chi connectivity index (χ4n) is 3.65. The molecule has 174 valence electrons. The second kappa shape index (κ2) is 9.30. The van der Waals surface area contributed by atoms with Crippen LogP contribution in [0.1, 0.15) is 24.8 Å². The van der Waals surface area contributed by atoms with Crippen LogP contribution in [0.15, 0.2) is 71.3 Å². The lowest BCUT2D eigenvalue weighted by molar-refractivity contribution is -0.115. The minimum Gasteiger partial charge on any atom is -0.504 e. The molecule has 5 rings (SSSR count). The summed E-state index contributed by atoms with van der Waals surface area (Å²) in [7, 11) is 0. The van der Waals surface area contributed by atoms with Crippen molar-refractivity contribution in [3.8, 4) is 28.6 Å². The Kier molecular flexibility index (Phi) is 5.88. The Hall–Kier alpha value is -4.66. The number of halogens is 1. The Bertz CT molecular complexity index is 1520. The van der Waals surface area contributed by atoms with E-state index in [-0.39, 0.29) is 29.1 Å². The van der Waals surface area contributed by atoms with Crippen LogP contribution in [-0.4, -0.2) is 31.2 Å². The number of hydrogen-bond acceptors (Lipinski definition) is 7. The zero-order valence-corrected chi connectivity index (χ0v) is 18.7. The van der Waals surface area contributed by atoms with E-state index in [0.717, 1.165) is 11.1 Å². The number of pyridine rings is 2. The summed E-state index contributed by atoms with van der Waals surface area (Å²) in [4.78, 5) is 20.7. The van der Waals surface area contributed by atoms with Crippen LogP contribution in [-0.2, 0) is 11.2 Å². The molecule has 0 saturated carbocycles. The molecule has 0 fully saturated rings. The van der Waals surface area contributed by atoms with E-state index in [2.05, 4.69) is 25.5 Å². The molecule has 0 saturated heterocycles. The maximum absolute atomic E-state index is 13.2. The Labute approximate surface area is 199 Å². The van der Waals surface area contributed by atoms with Crippen LogP contribution in [0.4, 0.5) is 10.1 Å². The van der Waals surface area contributed by atoms with E-state index in [1.54, 1.807) is 43.5 Å². The first-order valence-electron chi connectivity index (χ1n) is 11.0. The van der Waals surface area contributed by atoms with E-state index >= 15 is 0 Å². The summed E-state index contributed by atoms with van der Waals surface area (Å²) in [6.45, 7) is 1.79. The highest BCUT2D eigenvalue weighted by atomic mass is 19.1. The maximum Gasteiger partial charge on any atom is 0.270 e. The first-order chi connectivity index (χ1) is 17.0. The minimum absolute atomic E-state index is 0.0419. The summed E-state index contributed by atoms with van der Waals surface area (Å²) >= 11 is 0. The van der Waals surface area contributed by atoms with E-state index in [1.165, 1.54) is 12.1 Å². The van der Waals surface area contributed by atoms with Crippen molar-refractivity contribution in [1.29, 1.82) is 0 Å². The number of aromatic nitrogens is 4. The van der Waals surface area contributed by atoms with Crippen LogP contribution in [0, 0.1) is 5.82 Å². The van der Waals surface area contributed by atoms with Gasteiger partial charge in [-0.3, -0.25) is 9.78 Å². The molecule has 0 aliphatic heterocycles. The van der Waals surface area contributed by atoms with Crippen LogP contribution in [0.25, 0.3) is 33.7 Å². The third kappa shape index (κ3) is 4.56. The van der Waals surface area contributed by atoms with E-state index in [9.17, 15) is 14.3 Å². The lowest BCUT2D eigenvalue weighted by Gasteiger charge is -2.11. The maximum atomic E-state index is 13.2. The van der Waals surface area contributed by atoms with Crippen LogP contribution in [0.5, 0.6) is 5.75 Å². The van der Waals surface area contributed by atoms with Crippen molar-refractivity contribution in [3.05, 3.63) is 84.1 Å². The molecular formula is C26H20FN5O3. The van der Waals surface area contributed by atoms with Gasteiger partial charge in [0.1, 0.15) is 11.3 Å². The van der Waals surface area contributed by atoms with Gasteiger partial charge < -0.3 is 14.8 Å². The van der Waals surface area contributed by atoms with Crippen molar-refractivity contribution >= 4 is 22.5 Å². The summed E-state index contributed by atoms with van der Waals surface area (Å²) in [5.41, 5.74) is 3.23. The molecule has 2 aromatic carbocycles. The van der Waals surface area contributed by atoms with Gasteiger partial charge in [-0.1, -0.05) is 31.2 Å². The molecule has 0 unspecified atom stereocenters. The number of nitrogens with zero attached hydrogens (tertiary/aromatic N) is 4. The van der Waals surface area contributed by atoms with Crippen LogP contribution < -0.4 is 5.32 Å². The predicted octanol–water partition coefficient (Wildman–Crippen LogP) is 5.13. The first kappa shape index (κ1) is 22.1. The van der Waals surface area contributed by atoms with Crippen LogP contribution in [0.2, 0.25) is 0 Å². The number of carbonyl (C=O) groups excluding carboxylic acids is 1. The summed E-state index contributed by atoms with van der Waals surface area (Å²) in [5, 5.41) is 22.5. The molecule has 0 bridgehead atoms. The number of benzene rings is 2. The average Bonchev–Trinajstić information content (AvgIpc) is 3.34. The van der Waals surface area contributed by atoms with Crippen molar-refractivity contribution < 1.29 is 18.7 Å². The highest BCUT2D eigenvalue weighted by Crippen LogP contribution is 2.38. The SMILES string of the molecule is CCC(=O)Nc1ccc(-c2nc(-c3nnc(Cc4ccc(F)cc4)o3)c(O)c3ncccc23)cc1. The molecule has 0 aliphatic rings. The van der Waals surface area contributed by atoms with Gasteiger partial charge in [0.25, 0.3) is 5.89 Å². The average molecular weight is 469 g/mol. The number of hydrogen-bond donors (Lipinski definition) is 2. The van der Waals surface area contributed by atoms with Gasteiger partial charge in [0.2, 0.25) is 11.8 Å². The van der Waals surface area contributed by atoms with Crippen molar-refractivity contribution in [2.75, 3.05) is 5.32 Å². The fraction of sp³-hybridized carbons (Fsp3) is 0.115. The van der Waals surface area contributed by atoms with Gasteiger partial charge in [-0.05, 0) is 42.0 Å². The molecule has 0 atom stereocenters. The Morgan fingerprint density at radius 3 is 2.54 bits per heavy atom. The van der Waals surface area contributed by atoms with E-state index < -0.39 is 0 Å². The van der Waals surface area contributed by atoms with Crippen molar-refractivity contribution in [2.24, 2.45) is 0 Å². The summed E-state index contributed by atoms with van der Waals surface area (Å²) in [6, 6.07) is 16.8. The van der Waals surface area contributed by atoms with Crippen LogP contribution in [0.3, 0.4) is 0 Å². The number of carbonyl (C=O) groups is 1. The normalized spacial score (nSPS) is 11.0. The van der Waals surface area contributed by atoms with Crippen molar-refractivity contribution in [3.63, 3.8) is 0 Å². The predicted molar refractivity (Wildman–Crippen MR) is 128 cm³/mol. The minimum atomic E-state index is -0.328. The number of nitrogens with one attached hydrogen (secondary N) is 1. The molecule has 0 spiro atoms. The monoisotopic (exact) mass is 469 g/mol. The van der Waals surface area contributed by atoms with E-state index in [1.807, 2.05) is 18.2 Å². The van der Waals surface area contributed by atoms with Gasteiger partial charge in [0, 0.05) is 29.3 Å². The smallest absolute Gasteiger partial charge is 0.270 e. The quantitative estimate of drug-likeness (QED) is 0.354. The largest absolute Gasteiger partial charge is 0.504 e. The number of fused-ring (bicyclic) bond motifs is 1. The van der Waals surface area contributed by atoms with Crippen molar-refractivity contribution in [1.82, 2.24) is 20.2 Å². The van der Waals surface area contributed by atoms with Gasteiger partial charge in [-0.15, -0.1) is 10.2 Å². The standard InChI is InChI=1S/C26H20FN5O3/c1-2-20(33)29-18-11-7-16(8-12-18)22-19-4-3-13-28-23(19)25(34)24(30-22)26-32-31-21(35-26)14-15-5-9-17(27)10-6-15/h3-13,34H,2,14H2,1H3,(H,29,33). The zero-order chi connectivity index (χ0) is 24.4. The molecule has 2 N–H and O–H groups in total. The number of anilines is 1. The van der Waals surface area contributed by atoms with Crippen LogP contribution >= 0.6 is 0 Å². The summed E-state index contributed by atoms with van der Waals surface area (Å²) in [6.07, 6.45) is 2.26. The molecule has 9 heteroatoms. The van der Waals surface area contributed by atoms with Gasteiger partial charge in [0.05, 0.1) is 12.1 Å². The number of rotatable bonds is 6. The number of aromatic hydroxyl groups is 1. The molecule has 3 aromatic heterocycles. The Balaban J connectivity index is 1.54. The second-order valence-corrected chi connectivity index (χ2v) is 7.84. The van der Waals surface area contributed by atoms with E-state index in [4.69, 9.17) is 4.42 Å². The molecule has 0 aliphatic carbocycles. The third-order valence-corrected chi connectivity index (χ3v) is 5.44. The Morgan fingerprint density at radius 2 is 1.80 bits per heavy atom. The molecule has 1 amide bonds. The number of amides is 1. The fourth-order valence-corrected chi connectivity index (χ4v) is 3.65.